The molecule has 0 aliphatic heterocycles. The van der Waals surface area contributed by atoms with Crippen LogP contribution in [0.3, 0.4) is 0 Å². The van der Waals surface area contributed by atoms with Crippen molar-refractivity contribution >= 4 is 15.8 Å². The molecule has 0 atom stereocenters. The van der Waals surface area contributed by atoms with E-state index in [1.807, 2.05) is 6.92 Å². The SMILES string of the molecule is CCNc1ccc(S(=O)(=O)N(C)CCOCC2CC2)cn1. The van der Waals surface area contributed by atoms with Gasteiger partial charge in [0, 0.05) is 32.9 Å². The van der Waals surface area contributed by atoms with Crippen molar-refractivity contribution in [3.8, 4) is 0 Å². The molecule has 1 aromatic heterocycles. The van der Waals surface area contributed by atoms with Crippen molar-refractivity contribution in [1.29, 1.82) is 0 Å². The Bertz CT molecular complexity index is 541. The highest BCUT2D eigenvalue weighted by atomic mass is 32.2. The Morgan fingerprint density at radius 3 is 2.76 bits per heavy atom. The molecule has 0 aromatic carbocycles. The topological polar surface area (TPSA) is 71.5 Å². The van der Waals surface area contributed by atoms with Crippen molar-refractivity contribution in [3.05, 3.63) is 18.3 Å². The number of rotatable bonds is 9. The lowest BCUT2D eigenvalue weighted by Crippen LogP contribution is -2.30. The summed E-state index contributed by atoms with van der Waals surface area (Å²) in [6.07, 6.45) is 3.85. The van der Waals surface area contributed by atoms with Crippen molar-refractivity contribution < 1.29 is 13.2 Å². The van der Waals surface area contributed by atoms with E-state index in [2.05, 4.69) is 10.3 Å². The van der Waals surface area contributed by atoms with Gasteiger partial charge >= 0.3 is 0 Å². The highest BCUT2D eigenvalue weighted by Gasteiger charge is 2.23. The number of anilines is 1. The van der Waals surface area contributed by atoms with E-state index >= 15 is 0 Å². The highest BCUT2D eigenvalue weighted by Crippen LogP contribution is 2.28. The minimum Gasteiger partial charge on any atom is -0.380 e. The van der Waals surface area contributed by atoms with E-state index in [4.69, 9.17) is 4.74 Å². The monoisotopic (exact) mass is 313 g/mol. The molecule has 21 heavy (non-hydrogen) atoms. The molecular formula is C14H23N3O3S. The number of aromatic nitrogens is 1. The molecule has 118 valence electrons. The average molecular weight is 313 g/mol. The van der Waals surface area contributed by atoms with Gasteiger partial charge in [0.15, 0.2) is 0 Å². The maximum absolute atomic E-state index is 12.4. The zero-order valence-corrected chi connectivity index (χ0v) is 13.4. The third kappa shape index (κ3) is 4.66. The van der Waals surface area contributed by atoms with Crippen LogP contribution in [0.4, 0.5) is 5.82 Å². The van der Waals surface area contributed by atoms with Crippen molar-refractivity contribution in [1.82, 2.24) is 9.29 Å². The standard InChI is InChI=1S/C14H23N3O3S/c1-3-15-14-7-6-13(10-16-14)21(18,19)17(2)8-9-20-11-12-4-5-12/h6-7,10,12H,3-5,8-9,11H2,1-2H3,(H,15,16). The minimum atomic E-state index is -3.49. The van der Waals surface area contributed by atoms with Crippen molar-refractivity contribution in [2.45, 2.75) is 24.7 Å². The second-order valence-electron chi connectivity index (χ2n) is 5.25. The van der Waals surface area contributed by atoms with E-state index in [-0.39, 0.29) is 4.90 Å². The number of hydrogen-bond acceptors (Lipinski definition) is 5. The molecule has 7 heteroatoms. The first-order chi connectivity index (χ1) is 10.0. The van der Waals surface area contributed by atoms with Crippen LogP contribution in [-0.2, 0) is 14.8 Å². The predicted molar refractivity (Wildman–Crippen MR) is 81.8 cm³/mol. The van der Waals surface area contributed by atoms with E-state index in [0.29, 0.717) is 24.9 Å². The molecule has 1 aliphatic rings. The van der Waals surface area contributed by atoms with Gasteiger partial charge in [-0.3, -0.25) is 0 Å². The van der Waals surface area contributed by atoms with Crippen LogP contribution in [0.15, 0.2) is 23.2 Å². The fraction of sp³-hybridized carbons (Fsp3) is 0.643. The van der Waals surface area contributed by atoms with Crippen molar-refractivity contribution in [2.75, 3.05) is 38.7 Å². The number of likely N-dealkylation sites (N-methyl/N-ethyl adjacent to an activating group) is 1. The van der Waals surface area contributed by atoms with Gasteiger partial charge in [-0.1, -0.05) is 0 Å². The number of pyridine rings is 1. The summed E-state index contributed by atoms with van der Waals surface area (Å²) in [5, 5.41) is 3.03. The van der Waals surface area contributed by atoms with Crippen LogP contribution in [-0.4, -0.2) is 51.1 Å². The lowest BCUT2D eigenvalue weighted by atomic mass is 10.4. The van der Waals surface area contributed by atoms with Crippen LogP contribution >= 0.6 is 0 Å². The van der Waals surface area contributed by atoms with E-state index in [9.17, 15) is 8.42 Å². The van der Waals surface area contributed by atoms with Gasteiger partial charge in [-0.25, -0.2) is 13.4 Å². The summed E-state index contributed by atoms with van der Waals surface area (Å²) in [4.78, 5) is 4.30. The van der Waals surface area contributed by atoms with Gasteiger partial charge in [0.25, 0.3) is 0 Å². The molecule has 1 N–H and O–H groups in total. The van der Waals surface area contributed by atoms with Crippen molar-refractivity contribution in [2.24, 2.45) is 5.92 Å². The summed E-state index contributed by atoms with van der Waals surface area (Å²) < 4.78 is 31.5. The molecule has 0 unspecified atom stereocenters. The number of sulfonamides is 1. The van der Waals surface area contributed by atoms with E-state index in [1.165, 1.54) is 23.3 Å². The molecule has 0 spiro atoms. The third-order valence-corrected chi connectivity index (χ3v) is 5.24. The van der Waals surface area contributed by atoms with Gasteiger partial charge in [-0.15, -0.1) is 0 Å². The Labute approximate surface area is 126 Å². The molecule has 2 rings (SSSR count). The Hall–Kier alpha value is -1.18. The molecule has 1 heterocycles. The zero-order chi connectivity index (χ0) is 15.3. The maximum atomic E-state index is 12.4. The molecule has 1 aliphatic carbocycles. The molecule has 0 radical (unpaired) electrons. The summed E-state index contributed by atoms with van der Waals surface area (Å²) in [6, 6.07) is 3.25. The molecule has 1 saturated carbocycles. The van der Waals surface area contributed by atoms with Crippen LogP contribution in [0, 0.1) is 5.92 Å². The van der Waals surface area contributed by atoms with Crippen LogP contribution in [0.2, 0.25) is 0 Å². The van der Waals surface area contributed by atoms with Crippen molar-refractivity contribution in [3.63, 3.8) is 0 Å². The quantitative estimate of drug-likeness (QED) is 0.701. The first kappa shape index (κ1) is 16.2. The van der Waals surface area contributed by atoms with Gasteiger partial charge in [-0.05, 0) is 37.8 Å². The predicted octanol–water partition coefficient (Wildman–Crippen LogP) is 1.56. The molecule has 0 amide bonds. The summed E-state index contributed by atoms with van der Waals surface area (Å²) in [5.41, 5.74) is 0. The van der Waals surface area contributed by atoms with Crippen LogP contribution < -0.4 is 5.32 Å². The Morgan fingerprint density at radius 1 is 1.43 bits per heavy atom. The molecular weight excluding hydrogens is 290 g/mol. The molecule has 0 bridgehead atoms. The summed E-state index contributed by atoms with van der Waals surface area (Å²) >= 11 is 0. The summed E-state index contributed by atoms with van der Waals surface area (Å²) in [7, 11) is -1.93. The van der Waals surface area contributed by atoms with Gasteiger partial charge in [-0.2, -0.15) is 4.31 Å². The second kappa shape index (κ2) is 7.20. The molecule has 1 fully saturated rings. The Balaban J connectivity index is 1.88. The van der Waals surface area contributed by atoms with Crippen LogP contribution in [0.25, 0.3) is 0 Å². The number of ether oxygens (including phenoxy) is 1. The first-order valence-corrected chi connectivity index (χ1v) is 8.72. The van der Waals surface area contributed by atoms with Gasteiger partial charge in [0.1, 0.15) is 10.7 Å². The van der Waals surface area contributed by atoms with Gasteiger partial charge in [0.05, 0.1) is 6.61 Å². The molecule has 6 nitrogen and oxygen atoms in total. The normalized spacial score (nSPS) is 15.4. The van der Waals surface area contributed by atoms with Crippen LogP contribution in [0.5, 0.6) is 0 Å². The molecule has 0 saturated heterocycles. The smallest absolute Gasteiger partial charge is 0.244 e. The summed E-state index contributed by atoms with van der Waals surface area (Å²) in [6.45, 7) is 4.23. The lowest BCUT2D eigenvalue weighted by molar-refractivity contribution is 0.117. The van der Waals surface area contributed by atoms with Gasteiger partial charge in [0.2, 0.25) is 10.0 Å². The largest absolute Gasteiger partial charge is 0.380 e. The second-order valence-corrected chi connectivity index (χ2v) is 7.30. The molecule has 1 aromatic rings. The highest BCUT2D eigenvalue weighted by molar-refractivity contribution is 7.89. The summed E-state index contributed by atoms with van der Waals surface area (Å²) in [5.74, 6) is 1.36. The Morgan fingerprint density at radius 2 is 2.19 bits per heavy atom. The van der Waals surface area contributed by atoms with Crippen LogP contribution in [0.1, 0.15) is 19.8 Å². The van der Waals surface area contributed by atoms with E-state index in [1.54, 1.807) is 19.2 Å². The fourth-order valence-corrected chi connectivity index (χ4v) is 2.95. The maximum Gasteiger partial charge on any atom is 0.244 e. The van der Waals surface area contributed by atoms with Gasteiger partial charge < -0.3 is 10.1 Å². The third-order valence-electron chi connectivity index (χ3n) is 3.40. The first-order valence-electron chi connectivity index (χ1n) is 7.28. The van der Waals surface area contributed by atoms with E-state index < -0.39 is 10.0 Å². The Kier molecular flexibility index (Phi) is 5.55. The average Bonchev–Trinajstić information content (AvgIpc) is 3.28. The zero-order valence-electron chi connectivity index (χ0n) is 12.6. The fourth-order valence-electron chi connectivity index (χ4n) is 1.85. The number of nitrogens with zero attached hydrogens (tertiary/aromatic N) is 2. The number of hydrogen-bond donors (Lipinski definition) is 1. The minimum absolute atomic E-state index is 0.203. The number of nitrogens with one attached hydrogen (secondary N) is 1. The lowest BCUT2D eigenvalue weighted by Gasteiger charge is -2.17. The van der Waals surface area contributed by atoms with E-state index in [0.717, 1.165) is 13.2 Å².